The van der Waals surface area contributed by atoms with E-state index < -0.39 is 29.4 Å². The van der Waals surface area contributed by atoms with Gasteiger partial charge < -0.3 is 4.74 Å². The Kier molecular flexibility index (Phi) is 6.10. The number of anilines is 1. The molecule has 0 aliphatic carbocycles. The molecule has 2 aliphatic heterocycles. The molecule has 3 aromatic carbocycles. The molecule has 0 atom stereocenters. The van der Waals surface area contributed by atoms with Crippen LogP contribution in [0.25, 0.3) is 6.08 Å². The number of hydrogen-bond donors (Lipinski definition) is 1. The lowest BCUT2D eigenvalue weighted by molar-refractivity contribution is -0.122. The second-order valence-corrected chi connectivity index (χ2v) is 8.61. The van der Waals surface area contributed by atoms with Crippen LogP contribution in [0.15, 0.2) is 72.3 Å². The number of hydrogen-bond acceptors (Lipinski definition) is 6. The summed E-state index contributed by atoms with van der Waals surface area (Å²) in [4.78, 5) is 53.6. The van der Waals surface area contributed by atoms with Gasteiger partial charge in [0.1, 0.15) is 17.1 Å². The number of ether oxygens (including phenoxy) is 1. The Morgan fingerprint density at radius 2 is 1.57 bits per heavy atom. The van der Waals surface area contributed by atoms with Crippen molar-refractivity contribution in [1.82, 2.24) is 10.2 Å². The first-order chi connectivity index (χ1) is 17.8. The van der Waals surface area contributed by atoms with E-state index in [1.165, 1.54) is 31.4 Å². The molecule has 0 bridgehead atoms. The van der Waals surface area contributed by atoms with E-state index in [1.807, 2.05) is 0 Å². The molecule has 10 heteroatoms. The highest BCUT2D eigenvalue weighted by atomic mass is 32.1. The number of carbonyl (C=O) groups excluding carboxylic acids is 4. The number of nitrogens with one attached hydrogen (secondary N) is 1. The fourth-order valence-electron chi connectivity index (χ4n) is 4.24. The number of rotatable bonds is 5. The zero-order chi connectivity index (χ0) is 26.3. The van der Waals surface area contributed by atoms with Crippen molar-refractivity contribution in [2.45, 2.75) is 6.54 Å². The summed E-state index contributed by atoms with van der Waals surface area (Å²) in [6.07, 6.45) is 1.33. The Balaban J connectivity index is 1.49. The van der Waals surface area contributed by atoms with Crippen molar-refractivity contribution >= 4 is 52.7 Å². The van der Waals surface area contributed by atoms with Gasteiger partial charge in [-0.2, -0.15) is 0 Å². The number of thiocarbonyl (C=S) groups is 1. The summed E-state index contributed by atoms with van der Waals surface area (Å²) < 4.78 is 19.8. The predicted molar refractivity (Wildman–Crippen MR) is 136 cm³/mol. The quantitative estimate of drug-likeness (QED) is 0.242. The molecule has 184 valence electrons. The summed E-state index contributed by atoms with van der Waals surface area (Å²) >= 11 is 5.12. The molecule has 1 fully saturated rings. The van der Waals surface area contributed by atoms with Crippen LogP contribution in [0.5, 0.6) is 5.75 Å². The van der Waals surface area contributed by atoms with Gasteiger partial charge in [0.05, 0.1) is 30.5 Å². The number of para-hydroxylation sites is 1. The van der Waals surface area contributed by atoms with Crippen LogP contribution in [0.1, 0.15) is 31.8 Å². The molecule has 1 N–H and O–H groups in total. The third kappa shape index (κ3) is 4.17. The first kappa shape index (κ1) is 24.0. The minimum absolute atomic E-state index is 0.0852. The van der Waals surface area contributed by atoms with Crippen molar-refractivity contribution in [1.29, 1.82) is 0 Å². The van der Waals surface area contributed by atoms with Gasteiger partial charge in [0.2, 0.25) is 0 Å². The maximum absolute atomic E-state index is 14.4. The summed E-state index contributed by atoms with van der Waals surface area (Å²) in [7, 11) is 1.45. The molecule has 2 heterocycles. The molecule has 0 radical (unpaired) electrons. The molecule has 0 aromatic heterocycles. The fourth-order valence-corrected chi connectivity index (χ4v) is 4.51. The number of imide groups is 1. The van der Waals surface area contributed by atoms with Crippen molar-refractivity contribution in [3.8, 4) is 5.75 Å². The van der Waals surface area contributed by atoms with E-state index in [9.17, 15) is 23.6 Å². The second kappa shape index (κ2) is 9.40. The van der Waals surface area contributed by atoms with E-state index in [4.69, 9.17) is 17.0 Å². The Hall–Kier alpha value is -4.70. The molecule has 8 nitrogen and oxygen atoms in total. The highest BCUT2D eigenvalue weighted by molar-refractivity contribution is 7.80. The summed E-state index contributed by atoms with van der Waals surface area (Å²) in [5, 5.41) is 2.18. The van der Waals surface area contributed by atoms with Crippen molar-refractivity contribution in [3.05, 3.63) is 100 Å². The van der Waals surface area contributed by atoms with Crippen molar-refractivity contribution in [3.63, 3.8) is 0 Å². The highest BCUT2D eigenvalue weighted by Gasteiger charge is 2.37. The first-order valence-corrected chi connectivity index (χ1v) is 11.5. The number of nitrogens with zero attached hydrogens (tertiary/aromatic N) is 2. The monoisotopic (exact) mass is 515 g/mol. The summed E-state index contributed by atoms with van der Waals surface area (Å²) in [5.41, 5.74) is 1.18. The SMILES string of the molecule is COc1ccc(/C=C2/C(=O)NC(=S)N(c3ccccc3F)C2=O)cc1CN1C(=O)c2ccccc2C1=O. The van der Waals surface area contributed by atoms with E-state index in [0.717, 1.165) is 9.80 Å². The normalized spacial score (nSPS) is 16.4. The van der Waals surface area contributed by atoms with E-state index >= 15 is 0 Å². The largest absolute Gasteiger partial charge is 0.496 e. The zero-order valence-electron chi connectivity index (χ0n) is 19.4. The number of benzene rings is 3. The van der Waals surface area contributed by atoms with Crippen LogP contribution in [-0.2, 0) is 16.1 Å². The molecular weight excluding hydrogens is 497 g/mol. The molecular formula is C27H18FN3O5S. The van der Waals surface area contributed by atoms with E-state index in [0.29, 0.717) is 28.0 Å². The molecule has 2 aliphatic rings. The van der Waals surface area contributed by atoms with Gasteiger partial charge in [0, 0.05) is 5.56 Å². The number of methoxy groups -OCH3 is 1. The predicted octanol–water partition coefficient (Wildman–Crippen LogP) is 3.46. The van der Waals surface area contributed by atoms with Crippen LogP contribution in [-0.4, -0.2) is 40.8 Å². The topological polar surface area (TPSA) is 96.0 Å². The van der Waals surface area contributed by atoms with Gasteiger partial charge >= 0.3 is 0 Å². The second-order valence-electron chi connectivity index (χ2n) is 8.22. The van der Waals surface area contributed by atoms with Gasteiger partial charge in [0.15, 0.2) is 5.11 Å². The average Bonchev–Trinajstić information content (AvgIpc) is 3.12. The van der Waals surface area contributed by atoms with Crippen LogP contribution in [0, 0.1) is 5.82 Å². The van der Waals surface area contributed by atoms with Gasteiger partial charge in [-0.15, -0.1) is 0 Å². The minimum atomic E-state index is -0.795. The lowest BCUT2D eigenvalue weighted by Crippen LogP contribution is -2.54. The van der Waals surface area contributed by atoms with Gasteiger partial charge in [-0.1, -0.05) is 30.3 Å². The van der Waals surface area contributed by atoms with E-state index in [-0.39, 0.29) is 22.9 Å². The molecule has 5 rings (SSSR count). The van der Waals surface area contributed by atoms with Gasteiger partial charge in [-0.25, -0.2) is 9.29 Å². The lowest BCUT2D eigenvalue weighted by Gasteiger charge is -2.29. The average molecular weight is 516 g/mol. The fraction of sp³-hybridized carbons (Fsp3) is 0.0741. The highest BCUT2D eigenvalue weighted by Crippen LogP contribution is 2.29. The van der Waals surface area contributed by atoms with Crippen LogP contribution in [0.2, 0.25) is 0 Å². The van der Waals surface area contributed by atoms with E-state index in [2.05, 4.69) is 5.32 Å². The lowest BCUT2D eigenvalue weighted by atomic mass is 10.0. The van der Waals surface area contributed by atoms with Crippen LogP contribution in [0.3, 0.4) is 0 Å². The third-order valence-electron chi connectivity index (χ3n) is 6.02. The van der Waals surface area contributed by atoms with Crippen LogP contribution < -0.4 is 15.0 Å². The van der Waals surface area contributed by atoms with Gasteiger partial charge in [-0.05, 0) is 60.3 Å². The van der Waals surface area contributed by atoms with E-state index in [1.54, 1.807) is 48.5 Å². The van der Waals surface area contributed by atoms with Gasteiger partial charge in [-0.3, -0.25) is 29.4 Å². The summed E-state index contributed by atoms with van der Waals surface area (Å²) in [5.74, 6) is -2.66. The zero-order valence-corrected chi connectivity index (χ0v) is 20.2. The summed E-state index contributed by atoms with van der Waals surface area (Å²) in [6, 6.07) is 16.9. The Morgan fingerprint density at radius 1 is 0.919 bits per heavy atom. The molecule has 0 spiro atoms. The number of amides is 4. The van der Waals surface area contributed by atoms with Crippen molar-refractivity contribution in [2.75, 3.05) is 12.0 Å². The molecule has 0 saturated carbocycles. The number of carbonyl (C=O) groups is 4. The molecule has 4 amide bonds. The van der Waals surface area contributed by atoms with Crippen molar-refractivity contribution in [2.24, 2.45) is 0 Å². The van der Waals surface area contributed by atoms with Crippen LogP contribution >= 0.6 is 12.2 Å². The maximum Gasteiger partial charge on any atom is 0.270 e. The Bertz CT molecular complexity index is 1520. The maximum atomic E-state index is 14.4. The smallest absolute Gasteiger partial charge is 0.270 e. The molecule has 37 heavy (non-hydrogen) atoms. The minimum Gasteiger partial charge on any atom is -0.496 e. The number of fused-ring (bicyclic) bond motifs is 1. The molecule has 3 aromatic rings. The van der Waals surface area contributed by atoms with Crippen LogP contribution in [0.4, 0.5) is 10.1 Å². The number of halogens is 1. The third-order valence-corrected chi connectivity index (χ3v) is 6.30. The first-order valence-electron chi connectivity index (χ1n) is 11.1. The standard InChI is InChI=1S/C27H18FN3O5S/c1-36-22-11-10-15(12-16(22)14-30-24(33)17-6-2-3-7-18(17)25(30)34)13-19-23(32)29-27(37)31(26(19)35)21-9-5-4-8-20(21)28/h2-13H,14H2,1H3,(H,29,32,37)/b19-13-. The Labute approximate surface area is 215 Å². The van der Waals surface area contributed by atoms with Gasteiger partial charge in [0.25, 0.3) is 23.6 Å². The summed E-state index contributed by atoms with van der Waals surface area (Å²) in [6.45, 7) is -0.0852. The van der Waals surface area contributed by atoms with Crippen molar-refractivity contribution < 1.29 is 28.3 Å². The Morgan fingerprint density at radius 3 is 2.22 bits per heavy atom. The molecule has 0 unspecified atom stereocenters. The molecule has 1 saturated heterocycles.